The van der Waals surface area contributed by atoms with Crippen molar-refractivity contribution in [3.8, 4) is 11.5 Å². The molecule has 1 N–H and O–H groups in total. The lowest BCUT2D eigenvalue weighted by Crippen LogP contribution is -2.37. The minimum absolute atomic E-state index is 0.0581. The van der Waals surface area contributed by atoms with Gasteiger partial charge in [0.25, 0.3) is 5.91 Å². The molecule has 0 radical (unpaired) electrons. The number of amides is 1. The Balaban J connectivity index is 2.07. The van der Waals surface area contributed by atoms with Gasteiger partial charge in [-0.25, -0.2) is 0 Å². The summed E-state index contributed by atoms with van der Waals surface area (Å²) in [4.78, 5) is 13.7. The Morgan fingerprint density at radius 1 is 1.10 bits per heavy atom. The van der Waals surface area contributed by atoms with Crippen LogP contribution in [0.3, 0.4) is 0 Å². The highest BCUT2D eigenvalue weighted by Gasteiger charge is 2.16. The molecule has 0 heterocycles. The van der Waals surface area contributed by atoms with E-state index in [2.05, 4.69) is 0 Å². The van der Waals surface area contributed by atoms with Gasteiger partial charge in [-0.2, -0.15) is 0 Å². The molecule has 0 aliphatic rings. The van der Waals surface area contributed by atoms with E-state index in [1.165, 1.54) is 4.90 Å². The SMILES string of the molecule is CC(CO)N(C)C(=O)c1ccc(Oc2ccccc2)cc1. The molecule has 0 saturated heterocycles. The Morgan fingerprint density at radius 2 is 1.67 bits per heavy atom. The summed E-state index contributed by atoms with van der Waals surface area (Å²) in [5.41, 5.74) is 0.568. The van der Waals surface area contributed by atoms with Crippen molar-refractivity contribution in [1.29, 1.82) is 0 Å². The summed E-state index contributed by atoms with van der Waals surface area (Å²) >= 11 is 0. The zero-order valence-corrected chi connectivity index (χ0v) is 12.2. The van der Waals surface area contributed by atoms with Crippen molar-refractivity contribution in [3.05, 3.63) is 60.2 Å². The number of hydrogen-bond acceptors (Lipinski definition) is 3. The Bertz CT molecular complexity index is 581. The van der Waals surface area contributed by atoms with Crippen LogP contribution in [-0.2, 0) is 0 Å². The van der Waals surface area contributed by atoms with E-state index in [0.717, 1.165) is 5.75 Å². The van der Waals surface area contributed by atoms with Crippen molar-refractivity contribution in [1.82, 2.24) is 4.90 Å². The number of hydrogen-bond donors (Lipinski definition) is 1. The van der Waals surface area contributed by atoms with Gasteiger partial charge in [0.15, 0.2) is 0 Å². The number of ether oxygens (including phenoxy) is 1. The van der Waals surface area contributed by atoms with Crippen LogP contribution in [0.4, 0.5) is 0 Å². The second-order valence-electron chi connectivity index (χ2n) is 4.89. The van der Waals surface area contributed by atoms with Gasteiger partial charge < -0.3 is 14.7 Å². The Kier molecular flexibility index (Phi) is 4.95. The maximum atomic E-state index is 12.2. The van der Waals surface area contributed by atoms with E-state index in [9.17, 15) is 4.79 Å². The number of rotatable bonds is 5. The molecule has 0 aromatic heterocycles. The molecule has 2 rings (SSSR count). The average molecular weight is 285 g/mol. The van der Waals surface area contributed by atoms with Crippen molar-refractivity contribution in [2.45, 2.75) is 13.0 Å². The van der Waals surface area contributed by atoms with Gasteiger partial charge in [0.1, 0.15) is 11.5 Å². The van der Waals surface area contributed by atoms with E-state index in [-0.39, 0.29) is 18.6 Å². The number of aliphatic hydroxyl groups is 1. The third-order valence-electron chi connectivity index (χ3n) is 3.33. The highest BCUT2D eigenvalue weighted by Crippen LogP contribution is 2.21. The quantitative estimate of drug-likeness (QED) is 0.919. The molecule has 110 valence electrons. The molecule has 2 aromatic rings. The van der Waals surface area contributed by atoms with E-state index in [1.807, 2.05) is 30.3 Å². The molecule has 4 heteroatoms. The lowest BCUT2D eigenvalue weighted by atomic mass is 10.1. The third-order valence-corrected chi connectivity index (χ3v) is 3.33. The molecule has 0 fully saturated rings. The van der Waals surface area contributed by atoms with Gasteiger partial charge >= 0.3 is 0 Å². The summed E-state index contributed by atoms with van der Waals surface area (Å²) in [5, 5.41) is 9.10. The molecule has 21 heavy (non-hydrogen) atoms. The second-order valence-corrected chi connectivity index (χ2v) is 4.89. The van der Waals surface area contributed by atoms with E-state index in [1.54, 1.807) is 38.2 Å². The van der Waals surface area contributed by atoms with Crippen molar-refractivity contribution >= 4 is 5.91 Å². The molecule has 0 bridgehead atoms. The van der Waals surface area contributed by atoms with Gasteiger partial charge in [0.05, 0.1) is 12.6 Å². The van der Waals surface area contributed by atoms with Crippen molar-refractivity contribution < 1.29 is 14.6 Å². The first-order valence-corrected chi connectivity index (χ1v) is 6.83. The number of likely N-dealkylation sites (N-methyl/N-ethyl adjacent to an activating group) is 1. The van der Waals surface area contributed by atoms with Gasteiger partial charge in [-0.3, -0.25) is 4.79 Å². The van der Waals surface area contributed by atoms with Crippen LogP contribution >= 0.6 is 0 Å². The second kappa shape index (κ2) is 6.90. The normalized spacial score (nSPS) is 11.8. The summed E-state index contributed by atoms with van der Waals surface area (Å²) in [5.74, 6) is 1.31. The maximum absolute atomic E-state index is 12.2. The lowest BCUT2D eigenvalue weighted by molar-refractivity contribution is 0.0682. The van der Waals surface area contributed by atoms with Crippen molar-refractivity contribution in [2.24, 2.45) is 0 Å². The summed E-state index contributed by atoms with van der Waals surface area (Å²) < 4.78 is 5.68. The summed E-state index contributed by atoms with van der Waals surface area (Å²) in [6.07, 6.45) is 0. The summed E-state index contributed by atoms with van der Waals surface area (Å²) in [6, 6.07) is 16.2. The number of nitrogens with zero attached hydrogens (tertiary/aromatic N) is 1. The number of carbonyl (C=O) groups is 1. The van der Waals surface area contributed by atoms with E-state index in [0.29, 0.717) is 11.3 Å². The highest BCUT2D eigenvalue weighted by molar-refractivity contribution is 5.94. The van der Waals surface area contributed by atoms with E-state index < -0.39 is 0 Å². The van der Waals surface area contributed by atoms with Crippen molar-refractivity contribution in [2.75, 3.05) is 13.7 Å². The standard InChI is InChI=1S/C17H19NO3/c1-13(12-19)18(2)17(20)14-8-10-16(11-9-14)21-15-6-4-3-5-7-15/h3-11,13,19H,12H2,1-2H3. The molecular weight excluding hydrogens is 266 g/mol. The van der Waals surface area contributed by atoms with Crippen LogP contribution in [0.5, 0.6) is 11.5 Å². The van der Waals surface area contributed by atoms with Crippen LogP contribution in [0.2, 0.25) is 0 Å². The smallest absolute Gasteiger partial charge is 0.253 e. The first kappa shape index (κ1) is 15.1. The third kappa shape index (κ3) is 3.83. The monoisotopic (exact) mass is 285 g/mol. The topological polar surface area (TPSA) is 49.8 Å². The first-order valence-electron chi connectivity index (χ1n) is 6.83. The molecule has 1 amide bonds. The van der Waals surface area contributed by atoms with Gasteiger partial charge in [-0.1, -0.05) is 18.2 Å². The predicted octanol–water partition coefficient (Wildman–Crippen LogP) is 2.93. The van der Waals surface area contributed by atoms with Crippen LogP contribution in [0, 0.1) is 0 Å². The van der Waals surface area contributed by atoms with Crippen LogP contribution in [0.15, 0.2) is 54.6 Å². The maximum Gasteiger partial charge on any atom is 0.253 e. The van der Waals surface area contributed by atoms with Crippen LogP contribution in [0.1, 0.15) is 17.3 Å². The van der Waals surface area contributed by atoms with Gasteiger partial charge in [0.2, 0.25) is 0 Å². The van der Waals surface area contributed by atoms with E-state index in [4.69, 9.17) is 9.84 Å². The molecule has 0 aliphatic carbocycles. The fraction of sp³-hybridized carbons (Fsp3) is 0.235. The largest absolute Gasteiger partial charge is 0.457 e. The molecule has 0 saturated carbocycles. The minimum atomic E-state index is -0.210. The Morgan fingerprint density at radius 3 is 2.24 bits per heavy atom. The molecule has 2 aromatic carbocycles. The highest BCUT2D eigenvalue weighted by atomic mass is 16.5. The van der Waals surface area contributed by atoms with Crippen LogP contribution in [0.25, 0.3) is 0 Å². The average Bonchev–Trinajstić information content (AvgIpc) is 2.54. The predicted molar refractivity (Wildman–Crippen MR) is 81.6 cm³/mol. The van der Waals surface area contributed by atoms with Gasteiger partial charge in [-0.05, 0) is 43.3 Å². The van der Waals surface area contributed by atoms with E-state index >= 15 is 0 Å². The number of para-hydroxylation sites is 1. The lowest BCUT2D eigenvalue weighted by Gasteiger charge is -2.23. The molecular formula is C17H19NO3. The number of aliphatic hydroxyl groups excluding tert-OH is 1. The van der Waals surface area contributed by atoms with Crippen molar-refractivity contribution in [3.63, 3.8) is 0 Å². The molecule has 1 atom stereocenters. The minimum Gasteiger partial charge on any atom is -0.457 e. The Labute approximate surface area is 124 Å². The molecule has 0 spiro atoms. The number of benzene rings is 2. The Hall–Kier alpha value is -2.33. The fourth-order valence-electron chi connectivity index (χ4n) is 1.82. The van der Waals surface area contributed by atoms with Crippen LogP contribution < -0.4 is 4.74 Å². The number of carbonyl (C=O) groups excluding carboxylic acids is 1. The summed E-state index contributed by atoms with van der Waals surface area (Å²) in [6.45, 7) is 1.74. The fourth-order valence-corrected chi connectivity index (χ4v) is 1.82. The molecule has 4 nitrogen and oxygen atoms in total. The zero-order valence-electron chi connectivity index (χ0n) is 12.2. The summed E-state index contributed by atoms with van der Waals surface area (Å²) in [7, 11) is 1.68. The van der Waals surface area contributed by atoms with Crippen LogP contribution in [-0.4, -0.2) is 35.6 Å². The van der Waals surface area contributed by atoms with Gasteiger partial charge in [0, 0.05) is 12.6 Å². The first-order chi connectivity index (χ1) is 10.1. The molecule has 0 aliphatic heterocycles. The van der Waals surface area contributed by atoms with Gasteiger partial charge in [-0.15, -0.1) is 0 Å². The molecule has 1 unspecified atom stereocenters. The zero-order chi connectivity index (χ0) is 15.2.